The summed E-state index contributed by atoms with van der Waals surface area (Å²) in [6.45, 7) is 3.39. The highest BCUT2D eigenvalue weighted by atomic mass is 35.5. The maximum Gasteiger partial charge on any atom is 0.321 e. The van der Waals surface area contributed by atoms with Crippen molar-refractivity contribution in [1.82, 2.24) is 9.80 Å². The molecule has 2 aromatic carbocycles. The molecular weight excluding hydrogens is 390 g/mol. The Morgan fingerprint density at radius 1 is 1.21 bits per heavy atom. The summed E-state index contributed by atoms with van der Waals surface area (Å²) in [5.74, 6) is -0.0414. The number of nitrogens with zero attached hydrogens (tertiary/aromatic N) is 2. The van der Waals surface area contributed by atoms with Crippen molar-refractivity contribution >= 4 is 29.2 Å². The molecule has 29 heavy (non-hydrogen) atoms. The first-order chi connectivity index (χ1) is 14.0. The van der Waals surface area contributed by atoms with E-state index in [1.165, 1.54) is 0 Å². The molecule has 3 atom stereocenters. The van der Waals surface area contributed by atoms with Gasteiger partial charge in [-0.15, -0.1) is 0 Å². The van der Waals surface area contributed by atoms with Gasteiger partial charge in [0.1, 0.15) is 6.10 Å². The number of likely N-dealkylation sites (tertiary alicyclic amines) is 2. The summed E-state index contributed by atoms with van der Waals surface area (Å²) in [5, 5.41) is 3.52. The molecular formula is C22H24ClN3O3. The summed E-state index contributed by atoms with van der Waals surface area (Å²) in [5.41, 5.74) is 2.68. The largest absolute Gasteiger partial charge is 0.371 e. The molecule has 2 saturated heterocycles. The molecule has 2 fully saturated rings. The van der Waals surface area contributed by atoms with Crippen LogP contribution in [0.25, 0.3) is 0 Å². The summed E-state index contributed by atoms with van der Waals surface area (Å²) >= 11 is 6.16. The molecule has 0 unspecified atom stereocenters. The van der Waals surface area contributed by atoms with Crippen LogP contribution in [0.3, 0.4) is 0 Å². The minimum absolute atomic E-state index is 0.00303. The molecule has 2 heterocycles. The Labute approximate surface area is 175 Å². The van der Waals surface area contributed by atoms with E-state index in [-0.39, 0.29) is 23.9 Å². The molecule has 0 saturated carbocycles. The summed E-state index contributed by atoms with van der Waals surface area (Å²) < 4.78 is 5.51. The van der Waals surface area contributed by atoms with E-state index >= 15 is 0 Å². The fourth-order valence-electron chi connectivity index (χ4n) is 4.24. The third-order valence-electron chi connectivity index (χ3n) is 5.81. The second kappa shape index (κ2) is 8.05. The predicted molar refractivity (Wildman–Crippen MR) is 112 cm³/mol. The highest BCUT2D eigenvalue weighted by Gasteiger charge is 2.53. The third kappa shape index (κ3) is 3.82. The number of carbonyl (C=O) groups excluding carboxylic acids is 2. The number of aryl methyl sites for hydroxylation is 1. The second-order valence-corrected chi connectivity index (χ2v) is 8.05. The quantitative estimate of drug-likeness (QED) is 0.833. The van der Waals surface area contributed by atoms with Crippen LogP contribution in [0.5, 0.6) is 0 Å². The number of ether oxygens (including phenoxy) is 1. The van der Waals surface area contributed by atoms with Gasteiger partial charge in [0.15, 0.2) is 0 Å². The van der Waals surface area contributed by atoms with E-state index in [1.807, 2.05) is 54.3 Å². The smallest absolute Gasteiger partial charge is 0.321 e. The highest BCUT2D eigenvalue weighted by Crippen LogP contribution is 2.35. The predicted octanol–water partition coefficient (Wildman–Crippen LogP) is 3.54. The normalized spacial score (nSPS) is 23.4. The van der Waals surface area contributed by atoms with E-state index in [0.29, 0.717) is 30.3 Å². The van der Waals surface area contributed by atoms with Crippen LogP contribution in [0, 0.1) is 12.8 Å². The van der Waals surface area contributed by atoms with Gasteiger partial charge in [-0.1, -0.05) is 48.0 Å². The van der Waals surface area contributed by atoms with E-state index in [9.17, 15) is 9.59 Å². The molecule has 3 amide bonds. The summed E-state index contributed by atoms with van der Waals surface area (Å²) in [6, 6.07) is 15.1. The number of hydrogen-bond acceptors (Lipinski definition) is 3. The van der Waals surface area contributed by atoms with Crippen molar-refractivity contribution in [2.75, 3.05) is 25.5 Å². The minimum atomic E-state index is -0.518. The summed E-state index contributed by atoms with van der Waals surface area (Å²) in [7, 11) is 1.56. The molecule has 7 heteroatoms. The molecule has 1 N–H and O–H groups in total. The number of rotatable bonds is 4. The zero-order valence-electron chi connectivity index (χ0n) is 16.5. The standard InChI is InChI=1S/C22H24ClN3O3/c1-14-8-9-16(10-18(14)23)24-22(28)25-12-17-19(13-25)26(21(27)20(17)29-2)11-15-6-4-3-5-7-15/h3-10,17,19-20H,11-13H2,1-2H3,(H,24,28)/t17-,19+,20-/m0/s1. The van der Waals surface area contributed by atoms with Gasteiger partial charge in [0.2, 0.25) is 0 Å². The van der Waals surface area contributed by atoms with Crippen LogP contribution in [0.4, 0.5) is 10.5 Å². The average molecular weight is 414 g/mol. The molecule has 152 valence electrons. The third-order valence-corrected chi connectivity index (χ3v) is 6.22. The van der Waals surface area contributed by atoms with Gasteiger partial charge >= 0.3 is 6.03 Å². The fraction of sp³-hybridized carbons (Fsp3) is 0.364. The van der Waals surface area contributed by atoms with E-state index in [0.717, 1.165) is 11.1 Å². The number of anilines is 1. The van der Waals surface area contributed by atoms with Gasteiger partial charge in [-0.25, -0.2) is 4.79 Å². The molecule has 0 bridgehead atoms. The zero-order valence-corrected chi connectivity index (χ0v) is 17.2. The first-order valence-corrected chi connectivity index (χ1v) is 10.0. The molecule has 2 aromatic rings. The lowest BCUT2D eigenvalue weighted by molar-refractivity contribution is -0.138. The number of fused-ring (bicyclic) bond motifs is 1. The SMILES string of the molecule is CO[C@@H]1C(=O)N(Cc2ccccc2)[C@@H]2CN(C(=O)Nc3ccc(C)c(Cl)c3)C[C@H]12. The first kappa shape index (κ1) is 19.7. The molecule has 4 rings (SSSR count). The number of hydrogen-bond donors (Lipinski definition) is 1. The Kier molecular flexibility index (Phi) is 5.48. The monoisotopic (exact) mass is 413 g/mol. The van der Waals surface area contributed by atoms with Crippen LogP contribution in [-0.2, 0) is 16.1 Å². The van der Waals surface area contributed by atoms with Crippen molar-refractivity contribution in [3.05, 3.63) is 64.7 Å². The number of nitrogens with one attached hydrogen (secondary N) is 1. The number of urea groups is 1. The van der Waals surface area contributed by atoms with Gasteiger partial charge < -0.3 is 19.9 Å². The van der Waals surface area contributed by atoms with Gasteiger partial charge in [0, 0.05) is 43.4 Å². The number of methoxy groups -OCH3 is 1. The number of amides is 3. The Balaban J connectivity index is 1.48. The number of halogens is 1. The first-order valence-electron chi connectivity index (χ1n) is 9.67. The van der Waals surface area contributed by atoms with E-state index < -0.39 is 6.10 Å². The van der Waals surface area contributed by atoms with Crippen molar-refractivity contribution in [3.63, 3.8) is 0 Å². The highest BCUT2D eigenvalue weighted by molar-refractivity contribution is 6.31. The van der Waals surface area contributed by atoms with Crippen molar-refractivity contribution in [2.45, 2.75) is 25.6 Å². The zero-order chi connectivity index (χ0) is 20.5. The van der Waals surface area contributed by atoms with Crippen molar-refractivity contribution in [1.29, 1.82) is 0 Å². The maximum atomic E-state index is 12.9. The topological polar surface area (TPSA) is 61.9 Å². The van der Waals surface area contributed by atoms with E-state index in [2.05, 4.69) is 5.32 Å². The van der Waals surface area contributed by atoms with Gasteiger partial charge in [0.25, 0.3) is 5.91 Å². The van der Waals surface area contributed by atoms with Crippen LogP contribution in [-0.4, -0.2) is 54.1 Å². The Morgan fingerprint density at radius 3 is 2.66 bits per heavy atom. The van der Waals surface area contributed by atoms with Gasteiger partial charge in [0.05, 0.1) is 6.04 Å². The van der Waals surface area contributed by atoms with Crippen LogP contribution in [0.2, 0.25) is 5.02 Å². The molecule has 0 radical (unpaired) electrons. The summed E-state index contributed by atoms with van der Waals surface area (Å²) in [6.07, 6.45) is -0.518. The van der Waals surface area contributed by atoms with E-state index in [1.54, 1.807) is 18.1 Å². The molecule has 2 aliphatic heterocycles. The van der Waals surface area contributed by atoms with E-state index in [4.69, 9.17) is 16.3 Å². The number of benzene rings is 2. The minimum Gasteiger partial charge on any atom is -0.371 e. The van der Waals surface area contributed by atoms with Gasteiger partial charge in [-0.3, -0.25) is 4.79 Å². The molecule has 6 nitrogen and oxygen atoms in total. The van der Waals surface area contributed by atoms with Gasteiger partial charge in [-0.2, -0.15) is 0 Å². The lowest BCUT2D eigenvalue weighted by atomic mass is 10.0. The maximum absolute atomic E-state index is 12.9. The lowest BCUT2D eigenvalue weighted by Gasteiger charge is -2.25. The van der Waals surface area contributed by atoms with Crippen molar-refractivity contribution in [3.8, 4) is 0 Å². The molecule has 0 spiro atoms. The van der Waals surface area contributed by atoms with Crippen molar-refractivity contribution in [2.24, 2.45) is 5.92 Å². The second-order valence-electron chi connectivity index (χ2n) is 7.64. The Morgan fingerprint density at radius 2 is 1.97 bits per heavy atom. The Bertz CT molecular complexity index is 921. The summed E-state index contributed by atoms with van der Waals surface area (Å²) in [4.78, 5) is 29.3. The fourth-order valence-corrected chi connectivity index (χ4v) is 4.42. The molecule has 0 aliphatic carbocycles. The van der Waals surface area contributed by atoms with Crippen LogP contribution < -0.4 is 5.32 Å². The van der Waals surface area contributed by atoms with Crippen LogP contribution in [0.1, 0.15) is 11.1 Å². The molecule has 0 aromatic heterocycles. The van der Waals surface area contributed by atoms with Gasteiger partial charge in [-0.05, 0) is 30.2 Å². The van der Waals surface area contributed by atoms with Crippen LogP contribution in [0.15, 0.2) is 48.5 Å². The number of carbonyl (C=O) groups is 2. The Hall–Kier alpha value is -2.57. The van der Waals surface area contributed by atoms with Crippen LogP contribution >= 0.6 is 11.6 Å². The average Bonchev–Trinajstić information content (AvgIpc) is 3.24. The molecule has 2 aliphatic rings. The lowest BCUT2D eigenvalue weighted by Crippen LogP contribution is -2.41. The van der Waals surface area contributed by atoms with Crippen molar-refractivity contribution < 1.29 is 14.3 Å².